The van der Waals surface area contributed by atoms with Gasteiger partial charge in [-0.3, -0.25) is 0 Å². The van der Waals surface area contributed by atoms with Crippen molar-refractivity contribution in [2.75, 3.05) is 6.54 Å². The van der Waals surface area contributed by atoms with E-state index in [2.05, 4.69) is 59.4 Å². The second-order valence-electron chi connectivity index (χ2n) is 5.66. The average Bonchev–Trinajstić information content (AvgIpc) is 3.20. The van der Waals surface area contributed by atoms with Gasteiger partial charge in [0.15, 0.2) is 0 Å². The van der Waals surface area contributed by atoms with Crippen LogP contribution in [0.4, 0.5) is 0 Å². The monoisotopic (exact) mass is 309 g/mol. The summed E-state index contributed by atoms with van der Waals surface area (Å²) >= 11 is 3.50. The Morgan fingerprint density at radius 2 is 1.94 bits per heavy atom. The fourth-order valence-electron chi connectivity index (χ4n) is 2.34. The molecule has 2 unspecified atom stereocenters. The minimum Gasteiger partial charge on any atom is -0.314 e. The summed E-state index contributed by atoms with van der Waals surface area (Å²) in [5.74, 6) is 1.55. The molecule has 0 amide bonds. The summed E-state index contributed by atoms with van der Waals surface area (Å²) in [7, 11) is 0. The smallest absolute Gasteiger partial charge is 0.0175 e. The third-order valence-electron chi connectivity index (χ3n) is 4.11. The van der Waals surface area contributed by atoms with E-state index in [1.807, 2.05) is 0 Å². The van der Waals surface area contributed by atoms with Crippen molar-refractivity contribution in [3.8, 4) is 0 Å². The van der Waals surface area contributed by atoms with Gasteiger partial charge in [-0.05, 0) is 55.3 Å². The first kappa shape index (κ1) is 14.1. The van der Waals surface area contributed by atoms with Crippen molar-refractivity contribution in [3.05, 3.63) is 34.3 Å². The van der Waals surface area contributed by atoms with Crippen molar-refractivity contribution in [1.82, 2.24) is 5.32 Å². The van der Waals surface area contributed by atoms with E-state index in [-0.39, 0.29) is 0 Å². The lowest BCUT2D eigenvalue weighted by Gasteiger charge is -2.23. The molecule has 1 aliphatic carbocycles. The molecule has 100 valence electrons. The van der Waals surface area contributed by atoms with Crippen LogP contribution < -0.4 is 5.32 Å². The van der Waals surface area contributed by atoms with E-state index in [4.69, 9.17) is 0 Å². The summed E-state index contributed by atoms with van der Waals surface area (Å²) in [4.78, 5) is 0. The molecule has 0 radical (unpaired) electrons. The number of nitrogens with one attached hydrogen (secondary N) is 1. The predicted octanol–water partition coefficient (Wildman–Crippen LogP) is 4.41. The molecule has 0 aromatic heterocycles. The van der Waals surface area contributed by atoms with Crippen LogP contribution in [0.3, 0.4) is 0 Å². The van der Waals surface area contributed by atoms with Crippen molar-refractivity contribution < 1.29 is 0 Å². The van der Waals surface area contributed by atoms with Gasteiger partial charge in [-0.2, -0.15) is 0 Å². The normalized spacial score (nSPS) is 18.6. The molecule has 0 spiro atoms. The fraction of sp³-hybridized carbons (Fsp3) is 0.625. The summed E-state index contributed by atoms with van der Waals surface area (Å²) in [6.45, 7) is 5.87. The van der Waals surface area contributed by atoms with Gasteiger partial charge in [0.2, 0.25) is 0 Å². The molecule has 1 aliphatic rings. The maximum absolute atomic E-state index is 3.69. The van der Waals surface area contributed by atoms with E-state index in [1.54, 1.807) is 0 Å². The first-order valence-electron chi connectivity index (χ1n) is 7.17. The zero-order valence-corrected chi connectivity index (χ0v) is 13.0. The van der Waals surface area contributed by atoms with Gasteiger partial charge in [0, 0.05) is 10.5 Å². The lowest BCUT2D eigenvalue weighted by atomic mass is 9.86. The van der Waals surface area contributed by atoms with Gasteiger partial charge in [-0.1, -0.05) is 48.3 Å². The van der Waals surface area contributed by atoms with Crippen molar-refractivity contribution in [3.63, 3.8) is 0 Å². The summed E-state index contributed by atoms with van der Waals surface area (Å²) < 4.78 is 1.17. The van der Waals surface area contributed by atoms with Crippen molar-refractivity contribution in [2.45, 2.75) is 45.6 Å². The maximum atomic E-state index is 3.69. The highest BCUT2D eigenvalue weighted by atomic mass is 79.9. The van der Waals surface area contributed by atoms with Crippen LogP contribution in [0, 0.1) is 11.8 Å². The third kappa shape index (κ3) is 4.40. The molecule has 0 aliphatic heterocycles. The van der Waals surface area contributed by atoms with Crippen molar-refractivity contribution >= 4 is 15.9 Å². The Labute approximate surface area is 119 Å². The van der Waals surface area contributed by atoms with Gasteiger partial charge < -0.3 is 5.32 Å². The third-order valence-corrected chi connectivity index (χ3v) is 4.63. The van der Waals surface area contributed by atoms with Crippen LogP contribution in [0.2, 0.25) is 0 Å². The Hall–Kier alpha value is -0.340. The van der Waals surface area contributed by atoms with E-state index in [0.29, 0.717) is 0 Å². The molecule has 18 heavy (non-hydrogen) atoms. The number of hydrogen-bond acceptors (Lipinski definition) is 1. The molecular weight excluding hydrogens is 286 g/mol. The minimum absolute atomic E-state index is 0.761. The Morgan fingerprint density at radius 3 is 2.50 bits per heavy atom. The first-order chi connectivity index (χ1) is 8.69. The van der Waals surface area contributed by atoms with E-state index in [1.165, 1.54) is 42.3 Å². The number of halogens is 1. The lowest BCUT2D eigenvalue weighted by molar-refractivity contribution is 0.328. The summed E-state index contributed by atoms with van der Waals surface area (Å²) in [5, 5.41) is 3.69. The van der Waals surface area contributed by atoms with Crippen LogP contribution in [0.5, 0.6) is 0 Å². The molecular formula is C16H24BrN. The van der Waals surface area contributed by atoms with Crippen LogP contribution in [0.15, 0.2) is 28.7 Å². The first-order valence-corrected chi connectivity index (χ1v) is 7.96. The van der Waals surface area contributed by atoms with Crippen molar-refractivity contribution in [1.29, 1.82) is 0 Å². The maximum Gasteiger partial charge on any atom is 0.0175 e. The summed E-state index contributed by atoms with van der Waals surface area (Å²) in [6.07, 6.45) is 5.23. The number of hydrogen-bond donors (Lipinski definition) is 1. The molecule has 1 nitrogen and oxygen atoms in total. The molecule has 2 rings (SSSR count). The molecule has 2 heteroatoms. The SMILES string of the molecule is CCC(C)C(CNC1CC1)Cc1ccc(Br)cc1. The molecule has 1 fully saturated rings. The molecule has 1 aromatic rings. The van der Waals surface area contributed by atoms with E-state index in [9.17, 15) is 0 Å². The molecule has 0 heterocycles. The Balaban J connectivity index is 1.91. The predicted molar refractivity (Wildman–Crippen MR) is 81.8 cm³/mol. The largest absolute Gasteiger partial charge is 0.314 e. The molecule has 0 bridgehead atoms. The highest BCUT2D eigenvalue weighted by Crippen LogP contribution is 2.24. The molecule has 1 aromatic carbocycles. The number of rotatable bonds is 7. The van der Waals surface area contributed by atoms with Crippen LogP contribution in [0.25, 0.3) is 0 Å². The highest BCUT2D eigenvalue weighted by molar-refractivity contribution is 9.10. The van der Waals surface area contributed by atoms with Crippen LogP contribution in [0.1, 0.15) is 38.7 Å². The highest BCUT2D eigenvalue weighted by Gasteiger charge is 2.23. The van der Waals surface area contributed by atoms with E-state index in [0.717, 1.165) is 17.9 Å². The van der Waals surface area contributed by atoms with Gasteiger partial charge in [0.25, 0.3) is 0 Å². The fourth-order valence-corrected chi connectivity index (χ4v) is 2.60. The van der Waals surface area contributed by atoms with Gasteiger partial charge in [-0.25, -0.2) is 0 Å². The molecule has 1 saturated carbocycles. The van der Waals surface area contributed by atoms with Crippen LogP contribution >= 0.6 is 15.9 Å². The van der Waals surface area contributed by atoms with E-state index < -0.39 is 0 Å². The van der Waals surface area contributed by atoms with Gasteiger partial charge in [-0.15, -0.1) is 0 Å². The molecule has 1 N–H and O–H groups in total. The topological polar surface area (TPSA) is 12.0 Å². The quantitative estimate of drug-likeness (QED) is 0.787. The summed E-state index contributed by atoms with van der Waals surface area (Å²) in [6, 6.07) is 9.61. The van der Waals surface area contributed by atoms with Crippen molar-refractivity contribution in [2.24, 2.45) is 11.8 Å². The summed E-state index contributed by atoms with van der Waals surface area (Å²) in [5.41, 5.74) is 1.46. The minimum atomic E-state index is 0.761. The zero-order chi connectivity index (χ0) is 13.0. The second kappa shape index (κ2) is 6.72. The van der Waals surface area contributed by atoms with Gasteiger partial charge >= 0.3 is 0 Å². The van der Waals surface area contributed by atoms with Gasteiger partial charge in [0.1, 0.15) is 0 Å². The van der Waals surface area contributed by atoms with Crippen LogP contribution in [-0.4, -0.2) is 12.6 Å². The molecule has 2 atom stereocenters. The second-order valence-corrected chi connectivity index (χ2v) is 6.57. The van der Waals surface area contributed by atoms with Crippen LogP contribution in [-0.2, 0) is 6.42 Å². The Morgan fingerprint density at radius 1 is 1.28 bits per heavy atom. The standard InChI is InChI=1S/C16H24BrN/c1-3-12(2)14(11-18-16-8-9-16)10-13-4-6-15(17)7-5-13/h4-7,12,14,16,18H,3,8-11H2,1-2H3. The molecule has 0 saturated heterocycles. The number of benzene rings is 1. The lowest BCUT2D eigenvalue weighted by Crippen LogP contribution is -2.30. The van der Waals surface area contributed by atoms with E-state index >= 15 is 0 Å². The zero-order valence-electron chi connectivity index (χ0n) is 11.5. The Kier molecular flexibility index (Phi) is 5.25. The average molecular weight is 310 g/mol. The Bertz CT molecular complexity index is 356. The van der Waals surface area contributed by atoms with Gasteiger partial charge in [0.05, 0.1) is 0 Å².